The molecule has 0 unspecified atom stereocenters. The van der Waals surface area contributed by atoms with Crippen molar-refractivity contribution in [3.63, 3.8) is 0 Å². The zero-order valence-electron chi connectivity index (χ0n) is 26.8. The molecule has 7 aromatic carbocycles. The molecule has 2 heterocycles. The van der Waals surface area contributed by atoms with Crippen molar-refractivity contribution in [3.05, 3.63) is 170 Å². The molecule has 0 fully saturated rings. The summed E-state index contributed by atoms with van der Waals surface area (Å²) in [7, 11) is 0. The molecule has 0 aliphatic heterocycles. The van der Waals surface area contributed by atoms with Gasteiger partial charge >= 0.3 is 0 Å². The van der Waals surface area contributed by atoms with Crippen LogP contribution in [0, 0.1) is 0 Å². The molecule has 2 aromatic heterocycles. The van der Waals surface area contributed by atoms with Gasteiger partial charge in [-0.25, -0.2) is 0 Å². The van der Waals surface area contributed by atoms with Crippen LogP contribution in [0.2, 0.25) is 0 Å². The van der Waals surface area contributed by atoms with Crippen LogP contribution in [-0.2, 0) is 0 Å². The van der Waals surface area contributed by atoms with E-state index in [0.29, 0.717) is 0 Å². The van der Waals surface area contributed by atoms with Crippen molar-refractivity contribution in [2.45, 2.75) is 20.3 Å². The van der Waals surface area contributed by atoms with E-state index in [4.69, 9.17) is 0 Å². The van der Waals surface area contributed by atoms with Crippen LogP contribution < -0.4 is 0 Å². The molecule has 0 saturated carbocycles. The summed E-state index contributed by atoms with van der Waals surface area (Å²) in [5.41, 5.74) is 12.1. The Balaban J connectivity index is 0.00000104. The first-order valence-corrected chi connectivity index (χ1v) is 16.5. The molecule has 2 nitrogen and oxygen atoms in total. The van der Waals surface area contributed by atoms with E-state index >= 15 is 0 Å². The Morgan fingerprint density at radius 2 is 0.681 bits per heavy atom. The van der Waals surface area contributed by atoms with Crippen LogP contribution >= 0.6 is 0 Å². The van der Waals surface area contributed by atoms with E-state index in [0.717, 1.165) is 0 Å². The molecule has 9 rings (SSSR count). The smallest absolute Gasteiger partial charge is 0.0541 e. The minimum absolute atomic E-state index is 1.18. The average molecular weight is 605 g/mol. The Morgan fingerprint density at radius 1 is 0.319 bits per heavy atom. The number of rotatable bonds is 4. The van der Waals surface area contributed by atoms with Gasteiger partial charge in [0, 0.05) is 32.9 Å². The van der Waals surface area contributed by atoms with Crippen molar-refractivity contribution >= 4 is 43.6 Å². The fraction of sp³-hybridized carbons (Fsp3) is 0.0667. The third kappa shape index (κ3) is 4.99. The Morgan fingerprint density at radius 3 is 1.13 bits per heavy atom. The number of hydrogen-bond acceptors (Lipinski definition) is 0. The summed E-state index contributed by atoms with van der Waals surface area (Å²) in [6, 6.07) is 61.4. The van der Waals surface area contributed by atoms with Gasteiger partial charge in [-0.2, -0.15) is 0 Å². The van der Waals surface area contributed by atoms with E-state index < -0.39 is 0 Å². The van der Waals surface area contributed by atoms with Gasteiger partial charge in [-0.3, -0.25) is 0 Å². The molecule has 0 spiro atoms. The largest absolute Gasteiger partial charge is 0.309 e. The summed E-state index contributed by atoms with van der Waals surface area (Å²) in [5.74, 6) is 0. The van der Waals surface area contributed by atoms with Crippen molar-refractivity contribution in [2.24, 2.45) is 0 Å². The van der Waals surface area contributed by atoms with Crippen LogP contribution in [0.3, 0.4) is 0 Å². The van der Waals surface area contributed by atoms with Crippen LogP contribution in [0.5, 0.6) is 0 Å². The lowest BCUT2D eigenvalue weighted by Gasteiger charge is -2.10. The predicted molar refractivity (Wildman–Crippen MR) is 202 cm³/mol. The number of benzene rings is 7. The van der Waals surface area contributed by atoms with Gasteiger partial charge in [0.05, 0.1) is 22.1 Å². The predicted octanol–water partition coefficient (Wildman–Crippen LogP) is 12.6. The highest BCUT2D eigenvalue weighted by Crippen LogP contribution is 2.38. The third-order valence-corrected chi connectivity index (χ3v) is 8.90. The number of aromatic nitrogens is 2. The third-order valence-electron chi connectivity index (χ3n) is 8.90. The molecule has 0 bridgehead atoms. The average Bonchev–Trinajstić information content (AvgIpc) is 3.65. The molecular weight excluding hydrogens is 569 g/mol. The lowest BCUT2D eigenvalue weighted by atomic mass is 9.97. The van der Waals surface area contributed by atoms with Crippen LogP contribution in [0.15, 0.2) is 170 Å². The van der Waals surface area contributed by atoms with Gasteiger partial charge < -0.3 is 9.13 Å². The summed E-state index contributed by atoms with van der Waals surface area (Å²) in [4.78, 5) is 0. The highest BCUT2D eigenvalue weighted by Gasteiger charge is 2.15. The van der Waals surface area contributed by atoms with Gasteiger partial charge in [0.25, 0.3) is 0 Å². The zero-order valence-corrected chi connectivity index (χ0v) is 26.8. The standard InChI is InChI=1S/C42H28N2.C3H8/c1-3-14-33(15-4-1)43-39-20-9-7-18-35(39)37-27-31(22-24-41(37)43)29-12-11-13-30(26-29)32-23-25-42-38(28-32)36-19-8-10-21-40(36)44(42)34-16-5-2-6-17-34;1-3-2/h1-28H;3H2,1-2H3. The minimum Gasteiger partial charge on any atom is -0.309 e. The van der Waals surface area contributed by atoms with Gasteiger partial charge in [0.15, 0.2) is 0 Å². The van der Waals surface area contributed by atoms with E-state index in [1.807, 2.05) is 0 Å². The summed E-state index contributed by atoms with van der Waals surface area (Å²) >= 11 is 0. The fourth-order valence-corrected chi connectivity index (χ4v) is 6.89. The minimum atomic E-state index is 1.18. The van der Waals surface area contributed by atoms with Crippen LogP contribution in [-0.4, -0.2) is 9.13 Å². The Labute approximate surface area is 275 Å². The molecule has 2 heteroatoms. The van der Waals surface area contributed by atoms with Gasteiger partial charge in [0.2, 0.25) is 0 Å². The maximum Gasteiger partial charge on any atom is 0.0541 e. The molecule has 0 amide bonds. The van der Waals surface area contributed by atoms with Crippen molar-refractivity contribution in [3.8, 4) is 33.6 Å². The number of hydrogen-bond donors (Lipinski definition) is 0. The van der Waals surface area contributed by atoms with E-state index in [9.17, 15) is 0 Å². The second-order valence-corrected chi connectivity index (χ2v) is 12.1. The molecule has 0 aliphatic rings. The fourth-order valence-electron chi connectivity index (χ4n) is 6.89. The topological polar surface area (TPSA) is 9.86 Å². The first-order chi connectivity index (χ1) is 23.2. The molecule has 0 radical (unpaired) electrons. The van der Waals surface area contributed by atoms with E-state index in [2.05, 4.69) is 193 Å². The highest BCUT2D eigenvalue weighted by molar-refractivity contribution is 6.11. The first kappa shape index (κ1) is 28.6. The first-order valence-electron chi connectivity index (χ1n) is 16.5. The summed E-state index contributed by atoms with van der Waals surface area (Å²) in [6.07, 6.45) is 1.25. The van der Waals surface area contributed by atoms with E-state index in [1.165, 1.54) is 83.7 Å². The normalized spacial score (nSPS) is 11.3. The van der Waals surface area contributed by atoms with Crippen LogP contribution in [0.1, 0.15) is 20.3 Å². The number of nitrogens with zero attached hydrogens (tertiary/aromatic N) is 2. The second-order valence-electron chi connectivity index (χ2n) is 12.1. The van der Waals surface area contributed by atoms with E-state index in [-0.39, 0.29) is 0 Å². The summed E-state index contributed by atoms with van der Waals surface area (Å²) in [6.45, 7) is 4.25. The summed E-state index contributed by atoms with van der Waals surface area (Å²) < 4.78 is 4.73. The molecule has 0 aliphatic carbocycles. The molecule has 0 N–H and O–H groups in total. The Hall–Kier alpha value is -5.86. The number of para-hydroxylation sites is 4. The lowest BCUT2D eigenvalue weighted by molar-refractivity contribution is 1.09. The number of fused-ring (bicyclic) bond motifs is 6. The molecule has 0 atom stereocenters. The summed E-state index contributed by atoms with van der Waals surface area (Å²) in [5, 5.41) is 5.07. The van der Waals surface area contributed by atoms with Crippen LogP contribution in [0.25, 0.3) is 77.2 Å². The molecule has 47 heavy (non-hydrogen) atoms. The zero-order chi connectivity index (χ0) is 31.7. The molecular formula is C45H36N2. The van der Waals surface area contributed by atoms with Gasteiger partial charge in [-0.15, -0.1) is 0 Å². The Kier molecular flexibility index (Phi) is 7.39. The lowest BCUT2D eigenvalue weighted by Crippen LogP contribution is -1.93. The van der Waals surface area contributed by atoms with Crippen molar-refractivity contribution in [1.29, 1.82) is 0 Å². The Bertz CT molecular complexity index is 2330. The molecule has 9 aromatic rings. The maximum absolute atomic E-state index is 2.37. The molecule has 0 saturated heterocycles. The quantitative estimate of drug-likeness (QED) is 0.189. The van der Waals surface area contributed by atoms with E-state index in [1.54, 1.807) is 0 Å². The van der Waals surface area contributed by atoms with Crippen molar-refractivity contribution in [1.82, 2.24) is 9.13 Å². The van der Waals surface area contributed by atoms with Crippen molar-refractivity contribution < 1.29 is 0 Å². The van der Waals surface area contributed by atoms with Gasteiger partial charge in [-0.1, -0.05) is 123 Å². The van der Waals surface area contributed by atoms with Gasteiger partial charge in [-0.05, 0) is 89.0 Å². The van der Waals surface area contributed by atoms with Gasteiger partial charge in [0.1, 0.15) is 0 Å². The maximum atomic E-state index is 2.37. The van der Waals surface area contributed by atoms with Crippen molar-refractivity contribution in [2.75, 3.05) is 0 Å². The monoisotopic (exact) mass is 604 g/mol. The van der Waals surface area contributed by atoms with Crippen LogP contribution in [0.4, 0.5) is 0 Å². The highest BCUT2D eigenvalue weighted by atomic mass is 15.0. The second kappa shape index (κ2) is 12.2. The SMILES string of the molecule is CCC.c1ccc(-n2c3ccccc3c3cc(-c4cccc(-c5ccc6c(c5)c5ccccc5n6-c5ccccc5)c4)ccc32)cc1. The molecule has 226 valence electrons.